The molecule has 1 amide bonds. The van der Waals surface area contributed by atoms with Crippen molar-refractivity contribution in [1.82, 2.24) is 15.1 Å². The highest BCUT2D eigenvalue weighted by molar-refractivity contribution is 5.74. The number of aryl methyl sites for hydroxylation is 1. The number of amides is 1. The fourth-order valence-electron chi connectivity index (χ4n) is 3.18. The van der Waals surface area contributed by atoms with Crippen LogP contribution in [0.15, 0.2) is 24.3 Å². The number of piperazine rings is 1. The largest absolute Gasteiger partial charge is 0.340 e. The standard InChI is InChI=1S/C16H23N3O/c1-12-3-5-14(6-4-12)16-9-17-7-8-19(16)15-10-18(11-15)13(2)20/h3-6,15-17H,7-11H2,1-2H3/t16-/m0/s1. The summed E-state index contributed by atoms with van der Waals surface area (Å²) >= 11 is 0. The Morgan fingerprint density at radius 1 is 1.25 bits per heavy atom. The molecule has 0 unspecified atom stereocenters. The van der Waals surface area contributed by atoms with Crippen LogP contribution in [0.3, 0.4) is 0 Å². The number of nitrogens with zero attached hydrogens (tertiary/aromatic N) is 2. The van der Waals surface area contributed by atoms with Crippen molar-refractivity contribution in [2.45, 2.75) is 25.9 Å². The Bertz CT molecular complexity index is 479. The van der Waals surface area contributed by atoms with Crippen LogP contribution < -0.4 is 5.32 Å². The maximum atomic E-state index is 11.3. The fraction of sp³-hybridized carbons (Fsp3) is 0.562. The van der Waals surface area contributed by atoms with Gasteiger partial charge in [-0.05, 0) is 12.5 Å². The summed E-state index contributed by atoms with van der Waals surface area (Å²) in [7, 11) is 0. The average molecular weight is 273 g/mol. The molecule has 4 heteroatoms. The summed E-state index contributed by atoms with van der Waals surface area (Å²) in [5, 5.41) is 3.49. The summed E-state index contributed by atoms with van der Waals surface area (Å²) in [6.45, 7) is 8.66. The average Bonchev–Trinajstić information content (AvgIpc) is 2.38. The second-order valence-corrected chi connectivity index (χ2v) is 5.95. The van der Waals surface area contributed by atoms with Crippen LogP contribution in [0.25, 0.3) is 0 Å². The number of likely N-dealkylation sites (tertiary alicyclic amines) is 1. The maximum Gasteiger partial charge on any atom is 0.219 e. The van der Waals surface area contributed by atoms with Gasteiger partial charge in [-0.3, -0.25) is 9.69 Å². The van der Waals surface area contributed by atoms with Crippen molar-refractivity contribution in [2.75, 3.05) is 32.7 Å². The van der Waals surface area contributed by atoms with E-state index >= 15 is 0 Å². The molecule has 1 atom stereocenters. The lowest BCUT2D eigenvalue weighted by Gasteiger charge is -2.50. The summed E-state index contributed by atoms with van der Waals surface area (Å²) in [4.78, 5) is 15.8. The second-order valence-electron chi connectivity index (χ2n) is 5.95. The van der Waals surface area contributed by atoms with Gasteiger partial charge in [0.05, 0.1) is 0 Å². The third kappa shape index (κ3) is 2.58. The molecule has 0 radical (unpaired) electrons. The second kappa shape index (κ2) is 5.54. The first kappa shape index (κ1) is 13.6. The number of carbonyl (C=O) groups is 1. The quantitative estimate of drug-likeness (QED) is 0.878. The van der Waals surface area contributed by atoms with Gasteiger partial charge in [0.25, 0.3) is 0 Å². The summed E-state index contributed by atoms with van der Waals surface area (Å²) in [6, 6.07) is 9.80. The Morgan fingerprint density at radius 3 is 2.60 bits per heavy atom. The topological polar surface area (TPSA) is 35.6 Å². The highest BCUT2D eigenvalue weighted by Gasteiger charge is 2.37. The Morgan fingerprint density at radius 2 is 1.95 bits per heavy atom. The molecular formula is C16H23N3O. The van der Waals surface area contributed by atoms with Gasteiger partial charge in [-0.2, -0.15) is 0 Å². The molecule has 2 aliphatic rings. The van der Waals surface area contributed by atoms with Crippen LogP contribution in [0, 0.1) is 6.92 Å². The van der Waals surface area contributed by atoms with Gasteiger partial charge < -0.3 is 10.2 Å². The van der Waals surface area contributed by atoms with Crippen LogP contribution in [0.2, 0.25) is 0 Å². The Hall–Kier alpha value is -1.39. The molecule has 0 aromatic heterocycles. The summed E-state index contributed by atoms with van der Waals surface area (Å²) in [5.74, 6) is 0.197. The molecule has 0 aliphatic carbocycles. The minimum Gasteiger partial charge on any atom is -0.340 e. The third-order valence-corrected chi connectivity index (χ3v) is 4.52. The van der Waals surface area contributed by atoms with Crippen LogP contribution in [-0.2, 0) is 4.79 Å². The minimum atomic E-state index is 0.197. The molecule has 1 N–H and O–H groups in total. The minimum absolute atomic E-state index is 0.197. The highest BCUT2D eigenvalue weighted by Crippen LogP contribution is 2.28. The molecule has 3 rings (SSSR count). The zero-order valence-electron chi connectivity index (χ0n) is 12.3. The van der Waals surface area contributed by atoms with Gasteiger partial charge in [0, 0.05) is 51.7 Å². The Kier molecular flexibility index (Phi) is 3.76. The molecular weight excluding hydrogens is 250 g/mol. The molecule has 2 aliphatic heterocycles. The van der Waals surface area contributed by atoms with Crippen LogP contribution in [-0.4, -0.2) is 54.5 Å². The van der Waals surface area contributed by atoms with E-state index in [1.54, 1.807) is 6.92 Å². The van der Waals surface area contributed by atoms with Crippen molar-refractivity contribution in [1.29, 1.82) is 0 Å². The van der Waals surface area contributed by atoms with E-state index in [2.05, 4.69) is 41.4 Å². The Balaban J connectivity index is 1.72. The van der Waals surface area contributed by atoms with Crippen molar-refractivity contribution in [2.24, 2.45) is 0 Å². The van der Waals surface area contributed by atoms with Crippen LogP contribution in [0.4, 0.5) is 0 Å². The van der Waals surface area contributed by atoms with Crippen molar-refractivity contribution in [3.05, 3.63) is 35.4 Å². The summed E-state index contributed by atoms with van der Waals surface area (Å²) in [6.07, 6.45) is 0. The predicted molar refractivity (Wildman–Crippen MR) is 79.5 cm³/mol. The molecule has 2 saturated heterocycles. The van der Waals surface area contributed by atoms with Crippen LogP contribution >= 0.6 is 0 Å². The molecule has 0 saturated carbocycles. The maximum absolute atomic E-state index is 11.3. The van der Waals surface area contributed by atoms with E-state index in [1.165, 1.54) is 11.1 Å². The Labute approximate surface area is 120 Å². The molecule has 2 fully saturated rings. The van der Waals surface area contributed by atoms with E-state index in [0.717, 1.165) is 32.7 Å². The number of carbonyl (C=O) groups excluding carboxylic acids is 1. The number of rotatable bonds is 2. The molecule has 20 heavy (non-hydrogen) atoms. The fourth-order valence-corrected chi connectivity index (χ4v) is 3.18. The zero-order valence-corrected chi connectivity index (χ0v) is 12.3. The van der Waals surface area contributed by atoms with Crippen molar-refractivity contribution in [3.8, 4) is 0 Å². The number of hydrogen-bond donors (Lipinski definition) is 1. The molecule has 0 bridgehead atoms. The predicted octanol–water partition coefficient (Wildman–Crippen LogP) is 1.17. The smallest absolute Gasteiger partial charge is 0.219 e. The van der Waals surface area contributed by atoms with Crippen molar-refractivity contribution < 1.29 is 4.79 Å². The lowest BCUT2D eigenvalue weighted by Crippen LogP contribution is -2.64. The van der Waals surface area contributed by atoms with E-state index < -0.39 is 0 Å². The molecule has 108 valence electrons. The van der Waals surface area contributed by atoms with Crippen molar-refractivity contribution >= 4 is 5.91 Å². The number of hydrogen-bond acceptors (Lipinski definition) is 3. The molecule has 1 aromatic carbocycles. The van der Waals surface area contributed by atoms with Gasteiger partial charge in [-0.1, -0.05) is 29.8 Å². The third-order valence-electron chi connectivity index (χ3n) is 4.52. The first-order valence-electron chi connectivity index (χ1n) is 7.43. The van der Waals surface area contributed by atoms with Crippen molar-refractivity contribution in [3.63, 3.8) is 0 Å². The van der Waals surface area contributed by atoms with Gasteiger partial charge in [0.1, 0.15) is 0 Å². The van der Waals surface area contributed by atoms with Gasteiger partial charge in [0.2, 0.25) is 5.91 Å². The zero-order chi connectivity index (χ0) is 14.1. The molecule has 4 nitrogen and oxygen atoms in total. The first-order chi connectivity index (χ1) is 9.65. The number of nitrogens with one attached hydrogen (secondary N) is 1. The summed E-state index contributed by atoms with van der Waals surface area (Å²) < 4.78 is 0. The lowest BCUT2D eigenvalue weighted by atomic mass is 9.97. The van der Waals surface area contributed by atoms with E-state index in [9.17, 15) is 4.79 Å². The van der Waals surface area contributed by atoms with Crippen LogP contribution in [0.1, 0.15) is 24.1 Å². The SMILES string of the molecule is CC(=O)N1CC(N2CCNC[C@H]2c2ccc(C)cc2)C1. The molecule has 2 heterocycles. The van der Waals surface area contributed by atoms with Gasteiger partial charge >= 0.3 is 0 Å². The van der Waals surface area contributed by atoms with E-state index in [0.29, 0.717) is 12.1 Å². The number of benzene rings is 1. The summed E-state index contributed by atoms with van der Waals surface area (Å²) in [5.41, 5.74) is 2.68. The molecule has 1 aromatic rings. The van der Waals surface area contributed by atoms with E-state index in [1.807, 2.05) is 4.90 Å². The van der Waals surface area contributed by atoms with Gasteiger partial charge in [-0.25, -0.2) is 0 Å². The normalized spacial score (nSPS) is 24.5. The lowest BCUT2D eigenvalue weighted by molar-refractivity contribution is -0.137. The van der Waals surface area contributed by atoms with Crippen LogP contribution in [0.5, 0.6) is 0 Å². The highest BCUT2D eigenvalue weighted by atomic mass is 16.2. The van der Waals surface area contributed by atoms with E-state index in [-0.39, 0.29) is 5.91 Å². The van der Waals surface area contributed by atoms with Gasteiger partial charge in [0.15, 0.2) is 0 Å². The monoisotopic (exact) mass is 273 g/mol. The van der Waals surface area contributed by atoms with Gasteiger partial charge in [-0.15, -0.1) is 0 Å². The first-order valence-corrected chi connectivity index (χ1v) is 7.43. The van der Waals surface area contributed by atoms with E-state index in [4.69, 9.17) is 0 Å². The molecule has 0 spiro atoms.